The average Bonchev–Trinajstić information content (AvgIpc) is 2.30. The van der Waals surface area contributed by atoms with Crippen molar-refractivity contribution in [1.29, 1.82) is 0 Å². The van der Waals surface area contributed by atoms with E-state index in [-0.39, 0.29) is 24.7 Å². The molecule has 0 aliphatic carbocycles. The molecule has 0 fully saturated rings. The largest absolute Gasteiger partial charge is 0.480 e. The van der Waals surface area contributed by atoms with E-state index in [0.29, 0.717) is 0 Å². The fraction of sp³-hybridized carbons (Fsp3) is 0.500. The van der Waals surface area contributed by atoms with Crippen molar-refractivity contribution >= 4 is 36.3 Å². The Morgan fingerprint density at radius 3 is 2.00 bits per heavy atom. The lowest BCUT2D eigenvalue weighted by Gasteiger charge is -2.05. The molecule has 0 aromatic carbocycles. The fourth-order valence-electron chi connectivity index (χ4n) is 0.750. The Labute approximate surface area is 103 Å². The zero-order valence-corrected chi connectivity index (χ0v) is 9.75. The van der Waals surface area contributed by atoms with Crippen molar-refractivity contribution < 1.29 is 24.3 Å². The zero-order chi connectivity index (χ0) is 13.3. The molecule has 0 aromatic rings. The highest BCUT2D eigenvalue weighted by Crippen LogP contribution is 1.73. The number of hydrogen-bond acceptors (Lipinski definition) is 5. The zero-order valence-electron chi connectivity index (χ0n) is 8.86. The van der Waals surface area contributed by atoms with Gasteiger partial charge in [-0.25, -0.2) is 0 Å². The van der Waals surface area contributed by atoms with Gasteiger partial charge in [0.2, 0.25) is 5.91 Å². The molecule has 0 radical (unpaired) electrons. The summed E-state index contributed by atoms with van der Waals surface area (Å²) in [6, 6.07) is 0. The van der Waals surface area contributed by atoms with Crippen molar-refractivity contribution in [1.82, 2.24) is 16.0 Å². The number of hydrogen-bond donors (Lipinski definition) is 5. The van der Waals surface area contributed by atoms with Crippen LogP contribution in [0.25, 0.3) is 0 Å². The van der Waals surface area contributed by atoms with E-state index in [0.717, 1.165) is 0 Å². The lowest BCUT2D eigenvalue weighted by molar-refractivity contribution is -0.142. The summed E-state index contributed by atoms with van der Waals surface area (Å²) in [5, 5.41) is 14.8. The fourth-order valence-corrected chi connectivity index (χ4v) is 0.862. The highest BCUT2D eigenvalue weighted by molar-refractivity contribution is 7.81. The van der Waals surface area contributed by atoms with Gasteiger partial charge in [0.05, 0.1) is 5.75 Å². The summed E-state index contributed by atoms with van der Waals surface area (Å²) in [4.78, 5) is 42.8. The summed E-state index contributed by atoms with van der Waals surface area (Å²) in [5.74, 6) is -3.49. The van der Waals surface area contributed by atoms with Gasteiger partial charge in [-0.3, -0.25) is 19.2 Å². The van der Waals surface area contributed by atoms with Crippen LogP contribution in [0.3, 0.4) is 0 Å². The molecule has 0 rings (SSSR count). The number of carbonyl (C=O) groups excluding carboxylic acids is 3. The minimum atomic E-state index is -1.24. The molecule has 96 valence electrons. The van der Waals surface area contributed by atoms with E-state index in [2.05, 4.69) is 23.3 Å². The molecule has 0 heterocycles. The molecule has 0 atom stereocenters. The molecule has 0 aliphatic heterocycles. The second kappa shape index (κ2) is 8.39. The first-order valence-corrected chi connectivity index (χ1v) is 5.26. The monoisotopic (exact) mass is 263 g/mol. The van der Waals surface area contributed by atoms with Crippen LogP contribution >= 0.6 is 12.6 Å². The van der Waals surface area contributed by atoms with E-state index in [4.69, 9.17) is 5.11 Å². The lowest BCUT2D eigenvalue weighted by atomic mass is 10.5. The van der Waals surface area contributed by atoms with Gasteiger partial charge < -0.3 is 21.1 Å². The molecule has 0 aliphatic rings. The number of rotatable bonds is 6. The number of carboxylic acid groups (broad SMARTS) is 1. The van der Waals surface area contributed by atoms with E-state index < -0.39 is 24.3 Å². The number of aliphatic carboxylic acids is 1. The Bertz CT molecular complexity index is 320. The number of amides is 3. The van der Waals surface area contributed by atoms with Crippen molar-refractivity contribution in [3.05, 3.63) is 0 Å². The maximum absolute atomic E-state index is 11.0. The highest BCUT2D eigenvalue weighted by atomic mass is 32.1. The van der Waals surface area contributed by atoms with Gasteiger partial charge in [-0.05, 0) is 0 Å². The Morgan fingerprint density at radius 1 is 0.941 bits per heavy atom. The van der Waals surface area contributed by atoms with E-state index in [9.17, 15) is 19.2 Å². The van der Waals surface area contributed by atoms with Crippen molar-refractivity contribution in [2.45, 2.75) is 0 Å². The number of carboxylic acids is 1. The molecule has 0 bridgehead atoms. The van der Waals surface area contributed by atoms with Crippen LogP contribution in [0.4, 0.5) is 0 Å². The lowest BCUT2D eigenvalue weighted by Crippen LogP contribution is -2.44. The molecule has 0 saturated heterocycles. The predicted molar refractivity (Wildman–Crippen MR) is 60.5 cm³/mol. The van der Waals surface area contributed by atoms with Crippen LogP contribution in [0.15, 0.2) is 0 Å². The first-order chi connectivity index (χ1) is 7.97. The van der Waals surface area contributed by atoms with Gasteiger partial charge in [-0.2, -0.15) is 12.6 Å². The molecular formula is C8H13N3O5S. The van der Waals surface area contributed by atoms with Gasteiger partial charge in [0.25, 0.3) is 0 Å². The van der Waals surface area contributed by atoms with E-state index in [1.807, 2.05) is 5.32 Å². The van der Waals surface area contributed by atoms with Crippen molar-refractivity contribution in [2.24, 2.45) is 0 Å². The van der Waals surface area contributed by atoms with Crippen molar-refractivity contribution in [3.63, 3.8) is 0 Å². The third kappa shape index (κ3) is 8.08. The SMILES string of the molecule is O=C(O)CNC(=O)C(=O)NCCNC(=O)CS. The Balaban J connectivity index is 3.68. The van der Waals surface area contributed by atoms with Gasteiger partial charge in [-0.1, -0.05) is 0 Å². The number of nitrogens with one attached hydrogen (secondary N) is 3. The van der Waals surface area contributed by atoms with Crippen LogP contribution in [0.5, 0.6) is 0 Å². The molecular weight excluding hydrogens is 250 g/mol. The third-order valence-corrected chi connectivity index (χ3v) is 1.77. The average molecular weight is 263 g/mol. The number of thiol groups is 1. The summed E-state index contributed by atoms with van der Waals surface area (Å²) >= 11 is 3.72. The van der Waals surface area contributed by atoms with Gasteiger partial charge >= 0.3 is 17.8 Å². The first kappa shape index (κ1) is 15.2. The summed E-state index contributed by atoms with van der Waals surface area (Å²) in [7, 11) is 0. The molecule has 8 nitrogen and oxygen atoms in total. The molecule has 0 unspecified atom stereocenters. The van der Waals surface area contributed by atoms with Crippen molar-refractivity contribution in [2.75, 3.05) is 25.4 Å². The molecule has 0 aromatic heterocycles. The molecule has 9 heteroatoms. The van der Waals surface area contributed by atoms with E-state index >= 15 is 0 Å². The second-order valence-electron chi connectivity index (χ2n) is 2.84. The minimum Gasteiger partial charge on any atom is -0.480 e. The van der Waals surface area contributed by atoms with Crippen LogP contribution < -0.4 is 16.0 Å². The minimum absolute atomic E-state index is 0.0348. The van der Waals surface area contributed by atoms with E-state index in [1.54, 1.807) is 0 Å². The normalized spacial score (nSPS) is 9.24. The molecule has 17 heavy (non-hydrogen) atoms. The smallest absolute Gasteiger partial charge is 0.322 e. The van der Waals surface area contributed by atoms with Gasteiger partial charge in [0.1, 0.15) is 6.54 Å². The van der Waals surface area contributed by atoms with Crippen LogP contribution in [-0.2, 0) is 19.2 Å². The quantitative estimate of drug-likeness (QED) is 0.203. The second-order valence-corrected chi connectivity index (χ2v) is 3.16. The summed E-state index contributed by atoms with van der Waals surface area (Å²) in [6.45, 7) is -0.390. The van der Waals surface area contributed by atoms with Gasteiger partial charge in [0, 0.05) is 13.1 Å². The summed E-state index contributed by atoms with van der Waals surface area (Å²) in [6.07, 6.45) is 0. The maximum Gasteiger partial charge on any atom is 0.322 e. The maximum atomic E-state index is 11.0. The van der Waals surface area contributed by atoms with Crippen LogP contribution in [0, 0.1) is 0 Å². The predicted octanol–water partition coefficient (Wildman–Crippen LogP) is -2.65. The summed E-state index contributed by atoms with van der Waals surface area (Å²) < 4.78 is 0. The van der Waals surface area contributed by atoms with E-state index in [1.165, 1.54) is 0 Å². The van der Waals surface area contributed by atoms with Gasteiger partial charge in [0.15, 0.2) is 0 Å². The molecule has 0 spiro atoms. The van der Waals surface area contributed by atoms with Crippen molar-refractivity contribution in [3.8, 4) is 0 Å². The Morgan fingerprint density at radius 2 is 1.47 bits per heavy atom. The summed E-state index contributed by atoms with van der Waals surface area (Å²) in [5.41, 5.74) is 0. The van der Waals surface area contributed by atoms with Crippen LogP contribution in [0.2, 0.25) is 0 Å². The topological polar surface area (TPSA) is 125 Å². The molecule has 4 N–H and O–H groups in total. The highest BCUT2D eigenvalue weighted by Gasteiger charge is 2.13. The standard InChI is InChI=1S/C8H13N3O5S/c12-5(4-17)9-1-2-10-7(15)8(16)11-3-6(13)14/h17H,1-4H2,(H,9,12)(H,10,15)(H,11,16)(H,13,14). The van der Waals surface area contributed by atoms with Crippen LogP contribution in [0.1, 0.15) is 0 Å². The first-order valence-electron chi connectivity index (χ1n) is 4.62. The molecule has 3 amide bonds. The molecule has 0 saturated carbocycles. The Kier molecular flexibility index (Phi) is 7.52. The third-order valence-electron chi connectivity index (χ3n) is 1.48. The number of carbonyl (C=O) groups is 4. The Hall–Kier alpha value is -1.77. The van der Waals surface area contributed by atoms with Crippen LogP contribution in [-0.4, -0.2) is 54.2 Å². The van der Waals surface area contributed by atoms with Gasteiger partial charge in [-0.15, -0.1) is 0 Å².